The Labute approximate surface area is 221 Å². The number of aliphatic hydroxyl groups is 2. The monoisotopic (exact) mass is 572 g/mol. The SMILES string of the molecule is CCN(/C=C1/CC[C@](O)(Nc2nc(NCC(F)(F)F)nc(C)c2-c2nc3ccccc3s2)[C@@H]1O)S(C)(=O)=O. The molecule has 0 bridgehead atoms. The van der Waals surface area contributed by atoms with Gasteiger partial charge in [-0.3, -0.25) is 4.31 Å². The minimum atomic E-state index is -4.51. The predicted octanol–water partition coefficient (Wildman–Crippen LogP) is 3.46. The number of para-hydroxylation sites is 1. The number of hydrogen-bond acceptors (Lipinski definition) is 10. The number of fused-ring (bicyclic) bond motifs is 1. The second-order valence-electron chi connectivity index (χ2n) is 8.93. The third kappa shape index (κ3) is 6.00. The first-order valence-electron chi connectivity index (χ1n) is 11.6. The normalized spacial score (nSPS) is 21.3. The molecule has 1 aliphatic rings. The number of aromatic nitrogens is 3. The molecule has 1 saturated carbocycles. The van der Waals surface area contributed by atoms with Gasteiger partial charge in [0.25, 0.3) is 0 Å². The molecule has 4 rings (SSSR count). The molecule has 206 valence electrons. The van der Waals surface area contributed by atoms with Crippen LogP contribution in [-0.4, -0.2) is 75.2 Å². The number of aliphatic hydroxyl groups excluding tert-OH is 1. The van der Waals surface area contributed by atoms with Crippen LogP contribution in [0.15, 0.2) is 36.0 Å². The Balaban J connectivity index is 1.75. The number of thiazole rings is 1. The van der Waals surface area contributed by atoms with Gasteiger partial charge in [-0.05, 0) is 38.0 Å². The molecule has 1 fully saturated rings. The number of aryl methyl sites for hydroxylation is 1. The molecule has 38 heavy (non-hydrogen) atoms. The zero-order chi connectivity index (χ0) is 27.9. The van der Waals surface area contributed by atoms with Crippen molar-refractivity contribution in [1.82, 2.24) is 19.3 Å². The van der Waals surface area contributed by atoms with Gasteiger partial charge >= 0.3 is 6.18 Å². The molecular formula is C23H27F3N6O4S2. The first-order chi connectivity index (χ1) is 17.7. The highest BCUT2D eigenvalue weighted by Gasteiger charge is 2.45. The van der Waals surface area contributed by atoms with Crippen molar-refractivity contribution in [2.75, 3.05) is 30.0 Å². The summed E-state index contributed by atoms with van der Waals surface area (Å²) in [6, 6.07) is 7.34. The Kier molecular flexibility index (Phi) is 7.58. The van der Waals surface area contributed by atoms with E-state index in [4.69, 9.17) is 0 Å². The Morgan fingerprint density at radius 1 is 1.26 bits per heavy atom. The van der Waals surface area contributed by atoms with Crippen LogP contribution in [0.1, 0.15) is 25.5 Å². The van der Waals surface area contributed by atoms with Crippen molar-refractivity contribution in [2.24, 2.45) is 0 Å². The lowest BCUT2D eigenvalue weighted by Gasteiger charge is -2.30. The molecule has 15 heteroatoms. The van der Waals surface area contributed by atoms with Crippen LogP contribution < -0.4 is 10.6 Å². The highest BCUT2D eigenvalue weighted by Crippen LogP contribution is 2.41. The van der Waals surface area contributed by atoms with E-state index >= 15 is 0 Å². The van der Waals surface area contributed by atoms with Gasteiger partial charge in [0.05, 0.1) is 27.7 Å². The summed E-state index contributed by atoms with van der Waals surface area (Å²) in [6.07, 6.45) is -3.58. The van der Waals surface area contributed by atoms with E-state index in [1.807, 2.05) is 24.3 Å². The fraction of sp³-hybridized carbons (Fsp3) is 0.435. The van der Waals surface area contributed by atoms with Crippen LogP contribution in [0, 0.1) is 6.92 Å². The quantitative estimate of drug-likeness (QED) is 0.299. The van der Waals surface area contributed by atoms with E-state index in [0.717, 1.165) is 15.3 Å². The van der Waals surface area contributed by atoms with E-state index in [9.17, 15) is 31.8 Å². The van der Waals surface area contributed by atoms with Gasteiger partial charge in [-0.1, -0.05) is 12.1 Å². The predicted molar refractivity (Wildman–Crippen MR) is 139 cm³/mol. The molecule has 2 aromatic heterocycles. The number of hydrogen-bond donors (Lipinski definition) is 4. The average Bonchev–Trinajstić information content (AvgIpc) is 3.35. The molecule has 0 aliphatic heterocycles. The highest BCUT2D eigenvalue weighted by atomic mass is 32.2. The molecule has 0 spiro atoms. The molecule has 2 atom stereocenters. The molecule has 0 radical (unpaired) electrons. The molecule has 1 aromatic carbocycles. The fourth-order valence-electron chi connectivity index (χ4n) is 4.15. The topological polar surface area (TPSA) is 141 Å². The molecule has 1 aliphatic carbocycles. The lowest BCUT2D eigenvalue weighted by molar-refractivity contribution is -0.115. The summed E-state index contributed by atoms with van der Waals surface area (Å²) in [5.74, 6) is -0.354. The van der Waals surface area contributed by atoms with E-state index in [1.54, 1.807) is 13.8 Å². The Morgan fingerprint density at radius 2 is 1.97 bits per heavy atom. The first kappa shape index (κ1) is 28.0. The summed E-state index contributed by atoms with van der Waals surface area (Å²) < 4.78 is 64.4. The highest BCUT2D eigenvalue weighted by molar-refractivity contribution is 7.88. The zero-order valence-corrected chi connectivity index (χ0v) is 22.4. The van der Waals surface area contributed by atoms with Gasteiger partial charge in [0, 0.05) is 19.2 Å². The summed E-state index contributed by atoms with van der Waals surface area (Å²) in [4.78, 5) is 13.0. The zero-order valence-electron chi connectivity index (χ0n) is 20.7. The lowest BCUT2D eigenvalue weighted by atomic mass is 10.1. The van der Waals surface area contributed by atoms with Crippen LogP contribution in [0.4, 0.5) is 24.9 Å². The van der Waals surface area contributed by atoms with Crippen LogP contribution in [0.5, 0.6) is 0 Å². The van der Waals surface area contributed by atoms with Crippen LogP contribution in [-0.2, 0) is 10.0 Å². The second kappa shape index (κ2) is 10.3. The van der Waals surface area contributed by atoms with Crippen LogP contribution in [0.2, 0.25) is 0 Å². The summed E-state index contributed by atoms with van der Waals surface area (Å²) in [6.45, 7) is 1.97. The molecule has 3 aromatic rings. The molecule has 2 heterocycles. The maximum atomic E-state index is 12.8. The Hall–Kier alpha value is -3.01. The Morgan fingerprint density at radius 3 is 2.61 bits per heavy atom. The first-order valence-corrected chi connectivity index (χ1v) is 14.3. The molecule has 0 unspecified atom stereocenters. The van der Waals surface area contributed by atoms with Gasteiger partial charge in [0.15, 0.2) is 5.72 Å². The van der Waals surface area contributed by atoms with Crippen molar-refractivity contribution >= 4 is 43.3 Å². The molecular weight excluding hydrogens is 545 g/mol. The molecule has 10 nitrogen and oxygen atoms in total. The minimum Gasteiger partial charge on any atom is -0.384 e. The number of sulfonamides is 1. The minimum absolute atomic E-state index is 0.0189. The summed E-state index contributed by atoms with van der Waals surface area (Å²) in [7, 11) is -3.59. The summed E-state index contributed by atoms with van der Waals surface area (Å²) >= 11 is 1.31. The number of rotatable bonds is 8. The van der Waals surface area contributed by atoms with Gasteiger partial charge < -0.3 is 20.8 Å². The molecule has 4 N–H and O–H groups in total. The van der Waals surface area contributed by atoms with Gasteiger partial charge in [0.2, 0.25) is 16.0 Å². The van der Waals surface area contributed by atoms with Crippen LogP contribution in [0.3, 0.4) is 0 Å². The van der Waals surface area contributed by atoms with Gasteiger partial charge in [-0.2, -0.15) is 18.2 Å². The number of alkyl halides is 3. The van der Waals surface area contributed by atoms with E-state index in [0.29, 0.717) is 21.8 Å². The number of anilines is 2. The lowest BCUT2D eigenvalue weighted by Crippen LogP contribution is -2.46. The van der Waals surface area contributed by atoms with E-state index in [1.165, 1.54) is 17.5 Å². The Bertz CT molecular complexity index is 1440. The summed E-state index contributed by atoms with van der Waals surface area (Å²) in [5, 5.41) is 27.8. The third-order valence-corrected chi connectivity index (χ3v) is 8.29. The van der Waals surface area contributed by atoms with Crippen LogP contribution >= 0.6 is 11.3 Å². The third-order valence-electron chi connectivity index (χ3n) is 6.03. The van der Waals surface area contributed by atoms with Crippen molar-refractivity contribution in [3.05, 3.63) is 41.7 Å². The van der Waals surface area contributed by atoms with Crippen molar-refractivity contribution in [3.8, 4) is 10.6 Å². The fourth-order valence-corrected chi connectivity index (χ4v) is 6.01. The molecule has 0 amide bonds. The maximum Gasteiger partial charge on any atom is 0.405 e. The number of nitrogens with one attached hydrogen (secondary N) is 2. The van der Waals surface area contributed by atoms with Crippen molar-refractivity contribution in [1.29, 1.82) is 0 Å². The van der Waals surface area contributed by atoms with Crippen LogP contribution in [0.25, 0.3) is 20.8 Å². The maximum absolute atomic E-state index is 12.8. The van der Waals surface area contributed by atoms with Gasteiger partial charge in [-0.25, -0.2) is 18.4 Å². The van der Waals surface area contributed by atoms with E-state index in [-0.39, 0.29) is 36.7 Å². The van der Waals surface area contributed by atoms with Crippen molar-refractivity contribution in [3.63, 3.8) is 0 Å². The summed E-state index contributed by atoms with van der Waals surface area (Å²) in [5.41, 5.74) is -0.367. The standard InChI is InChI=1S/C23H27F3N6O4S2/c1-4-32(38(3,35)36)11-14-9-10-22(34,18(14)33)31-19-17(20-29-15-7-5-6-8-16(15)37-20)13(2)28-21(30-19)27-12-23(24,25)26/h5-8,11,18,33-34H,4,9-10,12H2,1-3H3,(H2,27,28,30,31)/b14-11-/t18-,22-/m1/s1. The number of halogens is 3. The van der Waals surface area contributed by atoms with Gasteiger partial charge in [0.1, 0.15) is 23.5 Å². The average molecular weight is 573 g/mol. The van der Waals surface area contributed by atoms with E-state index < -0.39 is 34.6 Å². The smallest absolute Gasteiger partial charge is 0.384 e. The van der Waals surface area contributed by atoms with Crippen molar-refractivity contribution in [2.45, 2.75) is 44.7 Å². The van der Waals surface area contributed by atoms with E-state index in [2.05, 4.69) is 25.6 Å². The largest absolute Gasteiger partial charge is 0.405 e. The number of benzene rings is 1. The van der Waals surface area contributed by atoms with Crippen molar-refractivity contribution < 1.29 is 31.8 Å². The number of nitrogens with zero attached hydrogens (tertiary/aromatic N) is 4. The second-order valence-corrected chi connectivity index (χ2v) is 11.9. The molecule has 0 saturated heterocycles. The van der Waals surface area contributed by atoms with Gasteiger partial charge in [-0.15, -0.1) is 11.3 Å².